The molecule has 0 bridgehead atoms. The Morgan fingerprint density at radius 2 is 1.62 bits per heavy atom. The maximum atomic E-state index is 13.4. The summed E-state index contributed by atoms with van der Waals surface area (Å²) in [6.07, 6.45) is 0.746. The molecular weight excluding hydrogens is 467 g/mol. The Morgan fingerprint density at radius 1 is 0.938 bits per heavy atom. The predicted octanol–water partition coefficient (Wildman–Crippen LogP) is 4.77. The summed E-state index contributed by atoms with van der Waals surface area (Å²) in [5.74, 6) is -0.246. The molecule has 4 rings (SSSR count). The molecule has 0 saturated carbocycles. The standard InChI is InChI=1S/C24H22Cl2N2O3S/c25-21-11-10-20(23(26)14-21)16-28(32(30,31)22-8-2-1-3-9-22)17-24(29)27-13-12-18-6-4-5-7-19(18)15-27/h1-11,14H,12-13,15-17H2. The zero-order chi connectivity index (χ0) is 22.7. The summed E-state index contributed by atoms with van der Waals surface area (Å²) in [4.78, 5) is 15.0. The van der Waals surface area contributed by atoms with Crippen molar-refractivity contribution in [3.05, 3.63) is 99.5 Å². The predicted molar refractivity (Wildman–Crippen MR) is 126 cm³/mol. The van der Waals surface area contributed by atoms with Crippen molar-refractivity contribution in [2.75, 3.05) is 13.1 Å². The molecule has 0 aromatic heterocycles. The SMILES string of the molecule is O=C(CN(Cc1ccc(Cl)cc1Cl)S(=O)(=O)c1ccccc1)N1CCc2ccccc2C1. The summed E-state index contributed by atoms with van der Waals surface area (Å²) in [6, 6.07) is 21.0. The van der Waals surface area contributed by atoms with E-state index in [1.807, 2.05) is 18.2 Å². The summed E-state index contributed by atoms with van der Waals surface area (Å²) in [5.41, 5.74) is 2.89. The fraction of sp³-hybridized carbons (Fsp3) is 0.208. The van der Waals surface area contributed by atoms with E-state index in [-0.39, 0.29) is 23.9 Å². The van der Waals surface area contributed by atoms with E-state index < -0.39 is 10.0 Å². The van der Waals surface area contributed by atoms with E-state index in [1.54, 1.807) is 41.3 Å². The molecule has 0 spiro atoms. The molecule has 0 aliphatic carbocycles. The first-order valence-electron chi connectivity index (χ1n) is 10.2. The first-order chi connectivity index (χ1) is 15.3. The van der Waals surface area contributed by atoms with Crippen molar-refractivity contribution < 1.29 is 13.2 Å². The second-order valence-corrected chi connectivity index (χ2v) is 10.4. The summed E-state index contributed by atoms with van der Waals surface area (Å²) >= 11 is 12.3. The number of fused-ring (bicyclic) bond motifs is 1. The van der Waals surface area contributed by atoms with Gasteiger partial charge in [-0.15, -0.1) is 0 Å². The first kappa shape index (κ1) is 22.8. The third-order valence-corrected chi connectivity index (χ3v) is 7.93. The fourth-order valence-electron chi connectivity index (χ4n) is 3.77. The van der Waals surface area contributed by atoms with E-state index in [0.29, 0.717) is 28.7 Å². The van der Waals surface area contributed by atoms with E-state index in [1.165, 1.54) is 22.0 Å². The number of hydrogen-bond acceptors (Lipinski definition) is 3. The van der Waals surface area contributed by atoms with Crippen LogP contribution in [0.5, 0.6) is 0 Å². The Bertz CT molecular complexity index is 1230. The molecule has 0 N–H and O–H groups in total. The molecule has 1 amide bonds. The molecule has 32 heavy (non-hydrogen) atoms. The topological polar surface area (TPSA) is 57.7 Å². The molecule has 0 unspecified atom stereocenters. The van der Waals surface area contributed by atoms with Gasteiger partial charge in [-0.25, -0.2) is 8.42 Å². The minimum atomic E-state index is -3.93. The largest absolute Gasteiger partial charge is 0.337 e. The Balaban J connectivity index is 1.61. The first-order valence-corrected chi connectivity index (χ1v) is 12.4. The maximum Gasteiger partial charge on any atom is 0.243 e. The van der Waals surface area contributed by atoms with Crippen LogP contribution in [0, 0.1) is 0 Å². The summed E-state index contributed by atoms with van der Waals surface area (Å²) < 4.78 is 28.0. The third kappa shape index (κ3) is 4.99. The molecule has 166 valence electrons. The summed E-state index contributed by atoms with van der Waals surface area (Å²) in [5, 5.41) is 0.810. The van der Waals surface area contributed by atoms with E-state index >= 15 is 0 Å². The second-order valence-electron chi connectivity index (χ2n) is 7.66. The average Bonchev–Trinajstić information content (AvgIpc) is 2.80. The van der Waals surface area contributed by atoms with Gasteiger partial charge in [0.1, 0.15) is 0 Å². The molecule has 3 aromatic carbocycles. The Labute approximate surface area is 198 Å². The van der Waals surface area contributed by atoms with Crippen molar-refractivity contribution >= 4 is 39.1 Å². The Morgan fingerprint density at radius 3 is 2.34 bits per heavy atom. The Hall–Kier alpha value is -2.38. The highest BCUT2D eigenvalue weighted by atomic mass is 35.5. The van der Waals surface area contributed by atoms with Crippen LogP contribution in [-0.4, -0.2) is 36.6 Å². The summed E-state index contributed by atoms with van der Waals surface area (Å²) in [7, 11) is -3.93. The lowest BCUT2D eigenvalue weighted by Crippen LogP contribution is -2.44. The number of hydrogen-bond donors (Lipinski definition) is 0. The van der Waals surface area contributed by atoms with Gasteiger partial charge in [-0.05, 0) is 47.4 Å². The van der Waals surface area contributed by atoms with Crippen molar-refractivity contribution in [1.29, 1.82) is 0 Å². The number of amides is 1. The zero-order valence-corrected chi connectivity index (χ0v) is 19.6. The number of rotatable bonds is 6. The van der Waals surface area contributed by atoms with Gasteiger partial charge in [0.15, 0.2) is 0 Å². The molecule has 1 aliphatic rings. The molecule has 3 aromatic rings. The second kappa shape index (κ2) is 9.63. The van der Waals surface area contributed by atoms with Crippen molar-refractivity contribution in [3.8, 4) is 0 Å². The normalized spacial score (nSPS) is 13.8. The highest BCUT2D eigenvalue weighted by Crippen LogP contribution is 2.26. The van der Waals surface area contributed by atoms with Gasteiger partial charge in [0.2, 0.25) is 15.9 Å². The minimum Gasteiger partial charge on any atom is -0.337 e. The Kier molecular flexibility index (Phi) is 6.86. The van der Waals surface area contributed by atoms with Crippen molar-refractivity contribution in [2.45, 2.75) is 24.4 Å². The fourth-order valence-corrected chi connectivity index (χ4v) is 5.62. The number of nitrogens with zero attached hydrogens (tertiary/aromatic N) is 2. The lowest BCUT2D eigenvalue weighted by Gasteiger charge is -2.31. The van der Waals surface area contributed by atoms with Gasteiger partial charge in [-0.2, -0.15) is 4.31 Å². The van der Waals surface area contributed by atoms with Crippen LogP contribution in [0.25, 0.3) is 0 Å². The number of carbonyl (C=O) groups is 1. The van der Waals surface area contributed by atoms with Gasteiger partial charge in [-0.3, -0.25) is 4.79 Å². The summed E-state index contributed by atoms with van der Waals surface area (Å²) in [6.45, 7) is 0.703. The lowest BCUT2D eigenvalue weighted by molar-refractivity contribution is -0.132. The van der Waals surface area contributed by atoms with Gasteiger partial charge < -0.3 is 4.90 Å². The van der Waals surface area contributed by atoms with Gasteiger partial charge in [-0.1, -0.05) is 71.7 Å². The van der Waals surface area contributed by atoms with Crippen LogP contribution in [0.15, 0.2) is 77.7 Å². The van der Waals surface area contributed by atoms with Crippen LogP contribution in [0.1, 0.15) is 16.7 Å². The molecular formula is C24H22Cl2N2O3S. The maximum absolute atomic E-state index is 13.4. The molecule has 0 saturated heterocycles. The van der Waals surface area contributed by atoms with Crippen LogP contribution < -0.4 is 0 Å². The quantitative estimate of drug-likeness (QED) is 0.502. The third-order valence-electron chi connectivity index (χ3n) is 5.54. The van der Waals surface area contributed by atoms with Gasteiger partial charge in [0, 0.05) is 29.7 Å². The highest BCUT2D eigenvalue weighted by Gasteiger charge is 2.30. The molecule has 1 heterocycles. The van der Waals surface area contributed by atoms with Gasteiger partial charge >= 0.3 is 0 Å². The van der Waals surface area contributed by atoms with Gasteiger partial charge in [0.05, 0.1) is 11.4 Å². The van der Waals surface area contributed by atoms with Crippen molar-refractivity contribution in [3.63, 3.8) is 0 Å². The molecule has 1 aliphatic heterocycles. The number of halogens is 2. The van der Waals surface area contributed by atoms with Crippen LogP contribution in [0.2, 0.25) is 10.0 Å². The van der Waals surface area contributed by atoms with Gasteiger partial charge in [0.25, 0.3) is 0 Å². The smallest absolute Gasteiger partial charge is 0.243 e. The van der Waals surface area contributed by atoms with Crippen molar-refractivity contribution in [1.82, 2.24) is 9.21 Å². The lowest BCUT2D eigenvalue weighted by atomic mass is 10.00. The molecule has 5 nitrogen and oxygen atoms in total. The van der Waals surface area contributed by atoms with E-state index in [4.69, 9.17) is 23.2 Å². The average molecular weight is 489 g/mol. The number of carbonyl (C=O) groups excluding carboxylic acids is 1. The molecule has 0 atom stereocenters. The van der Waals surface area contributed by atoms with Crippen LogP contribution in [0.4, 0.5) is 0 Å². The van der Waals surface area contributed by atoms with E-state index in [2.05, 4.69) is 6.07 Å². The van der Waals surface area contributed by atoms with E-state index in [9.17, 15) is 13.2 Å². The zero-order valence-electron chi connectivity index (χ0n) is 17.2. The molecule has 0 fully saturated rings. The number of sulfonamides is 1. The van der Waals surface area contributed by atoms with E-state index in [0.717, 1.165) is 12.0 Å². The van der Waals surface area contributed by atoms with Crippen LogP contribution in [0.3, 0.4) is 0 Å². The van der Waals surface area contributed by atoms with Crippen molar-refractivity contribution in [2.24, 2.45) is 0 Å². The number of benzene rings is 3. The minimum absolute atomic E-state index is 0.0383. The molecule has 0 radical (unpaired) electrons. The van der Waals surface area contributed by atoms with Crippen LogP contribution in [-0.2, 0) is 34.3 Å². The highest BCUT2D eigenvalue weighted by molar-refractivity contribution is 7.89. The molecule has 8 heteroatoms. The monoisotopic (exact) mass is 488 g/mol. The van der Waals surface area contributed by atoms with Crippen LogP contribution >= 0.6 is 23.2 Å².